The Bertz CT molecular complexity index is 1020. The number of nitrogens with zero attached hydrogens (tertiary/aromatic N) is 3. The van der Waals surface area contributed by atoms with Gasteiger partial charge < -0.3 is 9.64 Å². The maximum absolute atomic E-state index is 12.6. The van der Waals surface area contributed by atoms with E-state index in [-0.39, 0.29) is 5.78 Å². The zero-order chi connectivity index (χ0) is 17.7. The highest BCUT2D eigenvalue weighted by atomic mass is 32.1. The van der Waals surface area contributed by atoms with E-state index in [0.29, 0.717) is 24.3 Å². The Morgan fingerprint density at radius 1 is 1.31 bits per heavy atom. The number of thiophene rings is 1. The third-order valence-electron chi connectivity index (χ3n) is 5.32. The number of fused-ring (bicyclic) bond motifs is 2. The smallest absolute Gasteiger partial charge is 0.170 e. The molecule has 6 heteroatoms. The summed E-state index contributed by atoms with van der Waals surface area (Å²) in [7, 11) is 0. The molecule has 0 N–H and O–H groups in total. The van der Waals surface area contributed by atoms with E-state index in [1.165, 1.54) is 4.88 Å². The Morgan fingerprint density at radius 3 is 3.08 bits per heavy atom. The highest BCUT2D eigenvalue weighted by Gasteiger charge is 2.46. The van der Waals surface area contributed by atoms with Gasteiger partial charge in [-0.25, -0.2) is 9.97 Å². The molecule has 2 aliphatic heterocycles. The lowest BCUT2D eigenvalue weighted by atomic mass is 9.89. The lowest BCUT2D eigenvalue weighted by Gasteiger charge is -2.34. The maximum Gasteiger partial charge on any atom is 0.170 e. The number of anilines is 1. The monoisotopic (exact) mass is 365 g/mol. The number of ketones is 1. The van der Waals surface area contributed by atoms with E-state index in [2.05, 4.69) is 27.9 Å². The van der Waals surface area contributed by atoms with Gasteiger partial charge in [-0.1, -0.05) is 19.1 Å². The van der Waals surface area contributed by atoms with E-state index in [1.807, 2.05) is 24.3 Å². The molecule has 132 valence electrons. The number of benzene rings is 1. The lowest BCUT2D eigenvalue weighted by Crippen LogP contribution is -2.44. The average molecular weight is 365 g/mol. The summed E-state index contributed by atoms with van der Waals surface area (Å²) < 4.78 is 6.34. The Balaban J connectivity index is 1.48. The highest BCUT2D eigenvalue weighted by Crippen LogP contribution is 2.41. The highest BCUT2D eigenvalue weighted by molar-refractivity contribution is 7.18. The van der Waals surface area contributed by atoms with Gasteiger partial charge in [0.1, 0.15) is 28.3 Å². The number of aryl methyl sites for hydroxylation is 1. The molecule has 0 bridgehead atoms. The van der Waals surface area contributed by atoms with Crippen molar-refractivity contribution in [3.05, 3.63) is 47.1 Å². The molecule has 0 amide bonds. The number of carbonyl (C=O) groups is 1. The molecule has 0 radical (unpaired) electrons. The van der Waals surface area contributed by atoms with Crippen molar-refractivity contribution < 1.29 is 9.53 Å². The van der Waals surface area contributed by atoms with Gasteiger partial charge in [0.05, 0.1) is 23.9 Å². The first-order chi connectivity index (χ1) is 12.7. The van der Waals surface area contributed by atoms with Crippen LogP contribution in [-0.4, -0.2) is 34.4 Å². The van der Waals surface area contributed by atoms with Gasteiger partial charge in [-0.05, 0) is 24.6 Å². The minimum Gasteiger partial charge on any atom is -0.484 e. The van der Waals surface area contributed by atoms with Crippen LogP contribution >= 0.6 is 11.3 Å². The second kappa shape index (κ2) is 5.77. The van der Waals surface area contributed by atoms with Crippen LogP contribution in [0.2, 0.25) is 0 Å². The van der Waals surface area contributed by atoms with E-state index < -0.39 is 5.60 Å². The van der Waals surface area contributed by atoms with Crippen LogP contribution in [0.3, 0.4) is 0 Å². The molecule has 26 heavy (non-hydrogen) atoms. The number of rotatable bonds is 2. The number of aromatic nitrogens is 2. The lowest BCUT2D eigenvalue weighted by molar-refractivity contribution is 0.0538. The van der Waals surface area contributed by atoms with Crippen LogP contribution in [0.4, 0.5) is 5.82 Å². The molecule has 5 rings (SSSR count). The van der Waals surface area contributed by atoms with Crippen LogP contribution in [0.25, 0.3) is 10.2 Å². The number of ether oxygens (including phenoxy) is 1. The van der Waals surface area contributed by atoms with Crippen LogP contribution in [-0.2, 0) is 6.42 Å². The normalized spacial score (nSPS) is 22.0. The van der Waals surface area contributed by atoms with Crippen LogP contribution in [0.1, 0.15) is 35.0 Å². The summed E-state index contributed by atoms with van der Waals surface area (Å²) in [6.45, 7) is 3.66. The predicted octanol–water partition coefficient (Wildman–Crippen LogP) is 3.87. The zero-order valence-corrected chi connectivity index (χ0v) is 15.4. The molecule has 1 saturated heterocycles. The third-order valence-corrected chi connectivity index (χ3v) is 6.51. The molecule has 1 fully saturated rings. The fourth-order valence-electron chi connectivity index (χ4n) is 4.02. The molecule has 2 aliphatic rings. The van der Waals surface area contributed by atoms with Crippen molar-refractivity contribution in [1.82, 2.24) is 9.97 Å². The summed E-state index contributed by atoms with van der Waals surface area (Å²) in [4.78, 5) is 26.2. The number of para-hydroxylation sites is 1. The van der Waals surface area contributed by atoms with Gasteiger partial charge in [0, 0.05) is 17.8 Å². The first-order valence-electron chi connectivity index (χ1n) is 8.97. The van der Waals surface area contributed by atoms with Crippen molar-refractivity contribution in [2.45, 2.75) is 31.8 Å². The molecule has 1 atom stereocenters. The Morgan fingerprint density at radius 2 is 2.19 bits per heavy atom. The number of Topliss-reactive ketones (excluding diaryl/α,β-unsaturated/α-hetero) is 1. The van der Waals surface area contributed by atoms with Crippen LogP contribution in [0.5, 0.6) is 5.75 Å². The molecular formula is C20H19N3O2S. The van der Waals surface area contributed by atoms with Gasteiger partial charge in [0.15, 0.2) is 5.78 Å². The first kappa shape index (κ1) is 15.8. The van der Waals surface area contributed by atoms with Gasteiger partial charge in [0.2, 0.25) is 0 Å². The van der Waals surface area contributed by atoms with Gasteiger partial charge in [-0.15, -0.1) is 11.3 Å². The molecule has 5 nitrogen and oxygen atoms in total. The second-order valence-electron chi connectivity index (χ2n) is 7.04. The van der Waals surface area contributed by atoms with E-state index >= 15 is 0 Å². The fourth-order valence-corrected chi connectivity index (χ4v) is 4.94. The third kappa shape index (κ3) is 2.40. The quantitative estimate of drug-likeness (QED) is 0.690. The molecule has 0 aliphatic carbocycles. The van der Waals surface area contributed by atoms with Crippen molar-refractivity contribution in [3.8, 4) is 5.75 Å². The summed E-state index contributed by atoms with van der Waals surface area (Å²) in [5.41, 5.74) is 0.248. The van der Waals surface area contributed by atoms with Crippen molar-refractivity contribution in [2.75, 3.05) is 18.0 Å². The van der Waals surface area contributed by atoms with E-state index in [1.54, 1.807) is 17.7 Å². The summed E-state index contributed by atoms with van der Waals surface area (Å²) in [6, 6.07) is 9.75. The predicted molar refractivity (Wildman–Crippen MR) is 102 cm³/mol. The Hall–Kier alpha value is -2.47. The van der Waals surface area contributed by atoms with E-state index in [0.717, 1.165) is 35.4 Å². The maximum atomic E-state index is 12.6. The topological polar surface area (TPSA) is 55.3 Å². The van der Waals surface area contributed by atoms with Gasteiger partial charge in [-0.2, -0.15) is 0 Å². The fraction of sp³-hybridized carbons (Fsp3) is 0.350. The first-order valence-corrected chi connectivity index (χ1v) is 9.79. The Labute approximate surface area is 155 Å². The molecule has 2 aromatic heterocycles. The minimum atomic E-state index is -0.452. The van der Waals surface area contributed by atoms with Crippen molar-refractivity contribution >= 4 is 33.2 Å². The van der Waals surface area contributed by atoms with Crippen molar-refractivity contribution in [1.29, 1.82) is 0 Å². The summed E-state index contributed by atoms with van der Waals surface area (Å²) in [5.74, 6) is 1.84. The van der Waals surface area contributed by atoms with E-state index in [4.69, 9.17) is 4.74 Å². The minimum absolute atomic E-state index is 0.172. The Kier molecular flexibility index (Phi) is 3.50. The summed E-state index contributed by atoms with van der Waals surface area (Å²) >= 11 is 1.73. The standard InChI is InChI=1S/C20H19N3O2S/c1-2-13-9-15-18(21-12-22-19(15)26-13)23-8-7-20(11-23)10-16(24)14-5-3-4-6-17(14)25-20/h3-6,9,12H,2,7-8,10-11H2,1H3. The largest absolute Gasteiger partial charge is 0.484 e. The van der Waals surface area contributed by atoms with Crippen LogP contribution in [0, 0.1) is 0 Å². The van der Waals surface area contributed by atoms with Gasteiger partial charge in [0.25, 0.3) is 0 Å². The number of carbonyl (C=O) groups excluding carboxylic acids is 1. The molecule has 0 saturated carbocycles. The molecule has 1 aromatic carbocycles. The molecular weight excluding hydrogens is 346 g/mol. The van der Waals surface area contributed by atoms with Crippen molar-refractivity contribution in [2.24, 2.45) is 0 Å². The molecule has 1 spiro atoms. The van der Waals surface area contributed by atoms with Crippen LogP contribution in [0.15, 0.2) is 36.7 Å². The van der Waals surface area contributed by atoms with Gasteiger partial charge in [-0.3, -0.25) is 4.79 Å². The summed E-state index contributed by atoms with van der Waals surface area (Å²) in [5, 5.41) is 1.11. The van der Waals surface area contributed by atoms with E-state index in [9.17, 15) is 4.79 Å². The zero-order valence-electron chi connectivity index (χ0n) is 14.6. The molecule has 1 unspecified atom stereocenters. The van der Waals surface area contributed by atoms with Gasteiger partial charge >= 0.3 is 0 Å². The molecule has 4 heterocycles. The average Bonchev–Trinajstić information content (AvgIpc) is 3.25. The summed E-state index contributed by atoms with van der Waals surface area (Å²) in [6.07, 6.45) is 3.89. The SMILES string of the molecule is CCc1cc2c(N3CCC4(CC(=O)c5ccccc5O4)C3)ncnc2s1. The van der Waals surface area contributed by atoms with Crippen LogP contribution < -0.4 is 9.64 Å². The van der Waals surface area contributed by atoms with Crippen molar-refractivity contribution in [3.63, 3.8) is 0 Å². The number of hydrogen-bond acceptors (Lipinski definition) is 6. The molecule has 3 aromatic rings. The number of hydrogen-bond donors (Lipinski definition) is 0. The second-order valence-corrected chi connectivity index (χ2v) is 8.15.